The summed E-state index contributed by atoms with van der Waals surface area (Å²) in [5.74, 6) is 0.383. The van der Waals surface area contributed by atoms with E-state index in [0.717, 1.165) is 17.7 Å². The number of aromatic nitrogens is 1. The Morgan fingerprint density at radius 3 is 2.75 bits per heavy atom. The van der Waals surface area contributed by atoms with Crippen molar-refractivity contribution < 1.29 is 9.13 Å². The molecule has 2 rings (SSSR count). The van der Waals surface area contributed by atoms with Gasteiger partial charge in [-0.25, -0.2) is 4.39 Å². The van der Waals surface area contributed by atoms with Gasteiger partial charge in [0.2, 0.25) is 0 Å². The summed E-state index contributed by atoms with van der Waals surface area (Å²) in [6.45, 7) is 3.84. The molecule has 1 aromatic carbocycles. The van der Waals surface area contributed by atoms with Crippen molar-refractivity contribution in [2.75, 3.05) is 0 Å². The summed E-state index contributed by atoms with van der Waals surface area (Å²) < 4.78 is 19.6. The van der Waals surface area contributed by atoms with Crippen molar-refractivity contribution >= 4 is 0 Å². The van der Waals surface area contributed by atoms with Crippen molar-refractivity contribution in [1.82, 2.24) is 4.98 Å². The van der Waals surface area contributed by atoms with Crippen molar-refractivity contribution in [3.05, 3.63) is 53.6 Å². The molecule has 1 unspecified atom stereocenters. The molecule has 0 saturated carbocycles. The van der Waals surface area contributed by atoms with Crippen molar-refractivity contribution in [2.24, 2.45) is 5.73 Å². The van der Waals surface area contributed by atoms with E-state index in [-0.39, 0.29) is 17.6 Å². The number of rotatable bonds is 5. The van der Waals surface area contributed by atoms with Gasteiger partial charge in [0.15, 0.2) is 11.6 Å². The monoisotopic (exact) mass is 274 g/mol. The molecule has 0 amide bonds. The van der Waals surface area contributed by atoms with E-state index in [2.05, 4.69) is 4.98 Å². The quantitative estimate of drug-likeness (QED) is 0.906. The van der Waals surface area contributed by atoms with Crippen LogP contribution in [0.3, 0.4) is 0 Å². The summed E-state index contributed by atoms with van der Waals surface area (Å²) in [7, 11) is 0. The Hall–Kier alpha value is -1.94. The summed E-state index contributed by atoms with van der Waals surface area (Å²) in [5.41, 5.74) is 7.48. The molecular formula is C16H19FN2O. The predicted octanol–water partition coefficient (Wildman–Crippen LogP) is 3.60. The Bertz CT molecular complexity index is 586. The molecule has 0 aliphatic rings. The molecule has 0 fully saturated rings. The lowest BCUT2D eigenvalue weighted by Gasteiger charge is -2.11. The Morgan fingerprint density at radius 2 is 2.10 bits per heavy atom. The van der Waals surface area contributed by atoms with E-state index < -0.39 is 0 Å². The van der Waals surface area contributed by atoms with Gasteiger partial charge in [-0.3, -0.25) is 4.98 Å². The lowest BCUT2D eigenvalue weighted by Crippen LogP contribution is -2.21. The van der Waals surface area contributed by atoms with Crippen molar-refractivity contribution in [1.29, 1.82) is 0 Å². The van der Waals surface area contributed by atoms with E-state index in [1.807, 2.05) is 19.9 Å². The van der Waals surface area contributed by atoms with Gasteiger partial charge in [0.25, 0.3) is 0 Å². The molecule has 20 heavy (non-hydrogen) atoms. The first-order valence-electron chi connectivity index (χ1n) is 6.73. The first-order chi connectivity index (χ1) is 9.60. The summed E-state index contributed by atoms with van der Waals surface area (Å²) in [5, 5.41) is 0. The minimum absolute atomic E-state index is 0.0572. The highest BCUT2D eigenvalue weighted by Crippen LogP contribution is 2.26. The fourth-order valence-corrected chi connectivity index (χ4v) is 1.90. The van der Waals surface area contributed by atoms with Crippen LogP contribution in [-0.4, -0.2) is 11.0 Å². The molecule has 0 saturated heterocycles. The molecule has 0 radical (unpaired) electrons. The molecule has 0 bridgehead atoms. The van der Waals surface area contributed by atoms with Crippen LogP contribution in [0.4, 0.5) is 4.39 Å². The maximum Gasteiger partial charge on any atom is 0.165 e. The zero-order valence-electron chi connectivity index (χ0n) is 11.8. The molecule has 0 aliphatic heterocycles. The zero-order valence-corrected chi connectivity index (χ0v) is 11.8. The molecule has 1 atom stereocenters. The highest BCUT2D eigenvalue weighted by molar-refractivity contribution is 5.36. The van der Waals surface area contributed by atoms with Crippen LogP contribution in [0, 0.1) is 12.7 Å². The minimum atomic E-state index is -0.381. The van der Waals surface area contributed by atoms with Gasteiger partial charge in [-0.05, 0) is 49.6 Å². The molecule has 106 valence electrons. The number of hydrogen-bond donors (Lipinski definition) is 1. The van der Waals surface area contributed by atoms with Crippen LogP contribution in [0.5, 0.6) is 11.5 Å². The van der Waals surface area contributed by atoms with E-state index in [0.29, 0.717) is 12.2 Å². The SMILES string of the molecule is CCC(N)Cc1ccc(Oc2cccnc2C)c(F)c1. The van der Waals surface area contributed by atoms with Crippen LogP contribution >= 0.6 is 0 Å². The van der Waals surface area contributed by atoms with Gasteiger partial charge in [-0.2, -0.15) is 0 Å². The summed E-state index contributed by atoms with van der Waals surface area (Å²) in [6.07, 6.45) is 3.21. The Balaban J connectivity index is 2.16. The first kappa shape index (κ1) is 14.5. The molecule has 2 N–H and O–H groups in total. The highest BCUT2D eigenvalue weighted by atomic mass is 19.1. The standard InChI is InChI=1S/C16H19FN2O/c1-3-13(18)9-12-6-7-16(14(17)10-12)20-15-5-4-8-19-11(15)2/h4-8,10,13H,3,9,18H2,1-2H3. The van der Waals surface area contributed by atoms with Crippen LogP contribution in [0.1, 0.15) is 24.6 Å². The second-order valence-electron chi connectivity index (χ2n) is 4.83. The van der Waals surface area contributed by atoms with Crippen LogP contribution in [0.25, 0.3) is 0 Å². The second kappa shape index (κ2) is 6.48. The predicted molar refractivity (Wildman–Crippen MR) is 77.4 cm³/mol. The molecule has 1 aromatic heterocycles. The Labute approximate surface area is 118 Å². The number of benzene rings is 1. The molecule has 0 aliphatic carbocycles. The van der Waals surface area contributed by atoms with E-state index in [9.17, 15) is 4.39 Å². The van der Waals surface area contributed by atoms with E-state index in [1.54, 1.807) is 24.4 Å². The van der Waals surface area contributed by atoms with Gasteiger partial charge >= 0.3 is 0 Å². The van der Waals surface area contributed by atoms with E-state index in [4.69, 9.17) is 10.5 Å². The lowest BCUT2D eigenvalue weighted by molar-refractivity contribution is 0.436. The van der Waals surface area contributed by atoms with Crippen LogP contribution in [0.15, 0.2) is 36.5 Å². The third-order valence-corrected chi connectivity index (χ3v) is 3.20. The number of ether oxygens (including phenoxy) is 1. The maximum absolute atomic E-state index is 14.0. The number of halogens is 1. The molecule has 2 aromatic rings. The van der Waals surface area contributed by atoms with Crippen LogP contribution in [-0.2, 0) is 6.42 Å². The van der Waals surface area contributed by atoms with Crippen molar-refractivity contribution in [2.45, 2.75) is 32.7 Å². The number of hydrogen-bond acceptors (Lipinski definition) is 3. The van der Waals surface area contributed by atoms with Crippen molar-refractivity contribution in [3.8, 4) is 11.5 Å². The largest absolute Gasteiger partial charge is 0.452 e. The normalized spacial score (nSPS) is 12.2. The Kier molecular flexibility index (Phi) is 4.69. The third-order valence-electron chi connectivity index (χ3n) is 3.20. The number of nitrogens with zero attached hydrogens (tertiary/aromatic N) is 1. The van der Waals surface area contributed by atoms with E-state index >= 15 is 0 Å². The fraction of sp³-hybridized carbons (Fsp3) is 0.312. The van der Waals surface area contributed by atoms with Crippen molar-refractivity contribution in [3.63, 3.8) is 0 Å². The molecule has 3 nitrogen and oxygen atoms in total. The van der Waals surface area contributed by atoms with Gasteiger partial charge in [-0.1, -0.05) is 13.0 Å². The molecule has 1 heterocycles. The topological polar surface area (TPSA) is 48.1 Å². The lowest BCUT2D eigenvalue weighted by atomic mass is 10.0. The maximum atomic E-state index is 14.0. The highest BCUT2D eigenvalue weighted by Gasteiger charge is 2.09. The summed E-state index contributed by atoms with van der Waals surface area (Å²) in [4.78, 5) is 4.11. The molecule has 0 spiro atoms. The number of nitrogens with two attached hydrogens (primary N) is 1. The molecular weight excluding hydrogens is 255 g/mol. The minimum Gasteiger partial charge on any atom is -0.452 e. The van der Waals surface area contributed by atoms with Gasteiger partial charge in [0, 0.05) is 12.2 Å². The average Bonchev–Trinajstić information content (AvgIpc) is 2.44. The van der Waals surface area contributed by atoms with Crippen LogP contribution in [0.2, 0.25) is 0 Å². The third kappa shape index (κ3) is 3.54. The number of pyridine rings is 1. The number of aryl methyl sites for hydroxylation is 1. The average molecular weight is 274 g/mol. The van der Waals surface area contributed by atoms with E-state index in [1.165, 1.54) is 6.07 Å². The first-order valence-corrected chi connectivity index (χ1v) is 6.73. The zero-order chi connectivity index (χ0) is 14.5. The fourth-order valence-electron chi connectivity index (χ4n) is 1.90. The van der Waals surface area contributed by atoms with Gasteiger partial charge in [0.05, 0.1) is 5.69 Å². The Morgan fingerprint density at radius 1 is 1.30 bits per heavy atom. The second-order valence-corrected chi connectivity index (χ2v) is 4.83. The van der Waals surface area contributed by atoms with Crippen LogP contribution < -0.4 is 10.5 Å². The van der Waals surface area contributed by atoms with Gasteiger partial charge in [-0.15, -0.1) is 0 Å². The summed E-state index contributed by atoms with van der Waals surface area (Å²) in [6, 6.07) is 8.55. The summed E-state index contributed by atoms with van der Waals surface area (Å²) >= 11 is 0. The van der Waals surface area contributed by atoms with Gasteiger partial charge in [0.1, 0.15) is 5.75 Å². The molecule has 4 heteroatoms. The van der Waals surface area contributed by atoms with Gasteiger partial charge < -0.3 is 10.5 Å². The smallest absolute Gasteiger partial charge is 0.165 e.